The first kappa shape index (κ1) is 20.5. The van der Waals surface area contributed by atoms with E-state index in [4.69, 9.17) is 4.74 Å². The van der Waals surface area contributed by atoms with Crippen LogP contribution in [0.25, 0.3) is 22.2 Å². The third-order valence-corrected chi connectivity index (χ3v) is 5.74. The van der Waals surface area contributed by atoms with Gasteiger partial charge in [-0.3, -0.25) is 4.79 Å². The topological polar surface area (TPSA) is 54.1 Å². The molecule has 1 atom stereocenters. The van der Waals surface area contributed by atoms with Gasteiger partial charge in [-0.05, 0) is 66.6 Å². The van der Waals surface area contributed by atoms with Crippen LogP contribution in [-0.4, -0.2) is 30.6 Å². The van der Waals surface area contributed by atoms with E-state index in [-0.39, 0.29) is 11.9 Å². The molecule has 3 aromatic rings. The molecule has 30 heavy (non-hydrogen) atoms. The highest BCUT2D eigenvalue weighted by Gasteiger charge is 2.27. The number of aromatic amines is 1. The van der Waals surface area contributed by atoms with Crippen molar-refractivity contribution >= 4 is 17.3 Å². The van der Waals surface area contributed by atoms with E-state index >= 15 is 0 Å². The van der Waals surface area contributed by atoms with Gasteiger partial charge in [0.25, 0.3) is 0 Å². The zero-order chi connectivity index (χ0) is 21.1. The van der Waals surface area contributed by atoms with E-state index in [1.807, 2.05) is 0 Å². The number of hydrogen-bond acceptors (Lipinski definition) is 2. The molecule has 4 nitrogen and oxygen atoms in total. The molecule has 0 bridgehead atoms. The molecule has 2 fully saturated rings. The number of halogens is 3. The van der Waals surface area contributed by atoms with Gasteiger partial charge in [-0.2, -0.15) is 0 Å². The number of benzene rings is 2. The number of hydrogen-bond donors (Lipinski definition) is 2. The summed E-state index contributed by atoms with van der Waals surface area (Å²) < 4.78 is 45.8. The number of carbonyl (C=O) groups is 1. The van der Waals surface area contributed by atoms with Crippen LogP contribution >= 0.6 is 0 Å². The monoisotopic (exact) mass is 416 g/mol. The van der Waals surface area contributed by atoms with Crippen LogP contribution in [0.4, 0.5) is 13.2 Å². The lowest BCUT2D eigenvalue weighted by Gasteiger charge is -2.26. The van der Waals surface area contributed by atoms with Crippen LogP contribution < -0.4 is 5.32 Å². The lowest BCUT2D eigenvalue weighted by atomic mass is 9.78. The number of nitrogens with one attached hydrogen (secondary N) is 2. The highest BCUT2D eigenvalue weighted by Crippen LogP contribution is 2.45. The number of amides is 1. The Morgan fingerprint density at radius 3 is 2.40 bits per heavy atom. The summed E-state index contributed by atoms with van der Waals surface area (Å²) in [4.78, 5) is 12.9. The molecule has 1 aliphatic carbocycles. The first-order valence-electron chi connectivity index (χ1n) is 10.1. The molecule has 5 rings (SSSR count). The fourth-order valence-electron chi connectivity index (χ4n) is 3.97. The fraction of sp³-hybridized carbons (Fsp3) is 0.348. The Morgan fingerprint density at radius 1 is 1.03 bits per heavy atom. The molecule has 1 saturated carbocycles. The summed E-state index contributed by atoms with van der Waals surface area (Å²) in [6.45, 7) is 1.46. The van der Waals surface area contributed by atoms with Crippen molar-refractivity contribution in [2.24, 2.45) is 0 Å². The minimum atomic E-state index is -0.594. The molecule has 7 heteroatoms. The summed E-state index contributed by atoms with van der Waals surface area (Å²) in [5, 5.41) is 3.24. The molecule has 2 heterocycles. The molecule has 2 aromatic carbocycles. The first-order valence-corrected chi connectivity index (χ1v) is 10.1. The number of carbonyl (C=O) groups excluding carboxylic acids is 1. The maximum absolute atomic E-state index is 14.1. The zero-order valence-corrected chi connectivity index (χ0v) is 16.4. The minimum Gasteiger partial charge on any atom is -0.379 e. The van der Waals surface area contributed by atoms with Gasteiger partial charge < -0.3 is 15.0 Å². The van der Waals surface area contributed by atoms with Gasteiger partial charge in [0.2, 0.25) is 6.41 Å². The van der Waals surface area contributed by atoms with E-state index in [1.54, 1.807) is 12.1 Å². The van der Waals surface area contributed by atoms with Crippen molar-refractivity contribution < 1.29 is 22.7 Å². The van der Waals surface area contributed by atoms with Crippen molar-refractivity contribution in [1.82, 2.24) is 10.3 Å². The van der Waals surface area contributed by atoms with Crippen molar-refractivity contribution in [2.75, 3.05) is 13.2 Å². The van der Waals surface area contributed by atoms with E-state index in [9.17, 15) is 18.0 Å². The van der Waals surface area contributed by atoms with Gasteiger partial charge in [-0.25, -0.2) is 13.2 Å². The molecule has 0 radical (unpaired) electrons. The normalized spacial score (nSPS) is 18.6. The van der Waals surface area contributed by atoms with E-state index in [0.29, 0.717) is 23.4 Å². The predicted octanol–water partition coefficient (Wildman–Crippen LogP) is 5.04. The number of H-pyrrole nitrogens is 1. The summed E-state index contributed by atoms with van der Waals surface area (Å²) in [7, 11) is 0. The van der Waals surface area contributed by atoms with E-state index < -0.39 is 11.6 Å². The molecule has 1 unspecified atom stereocenters. The standard InChI is InChI=1S/C18H14F3N.C5H9NO2/c19-12-6-4-11(5-7-12)17-16(10-2-1-3-10)14-8-13(20)9-15(21)18(14)22-17;7-4-6-5-1-2-8-3-5/h4-10,22H,1-3H2;4-5H,1-3H2,(H,6,7). The summed E-state index contributed by atoms with van der Waals surface area (Å²) in [6.07, 6.45) is 4.83. The van der Waals surface area contributed by atoms with Crippen molar-refractivity contribution in [1.29, 1.82) is 0 Å². The molecule has 0 spiro atoms. The van der Waals surface area contributed by atoms with Crippen molar-refractivity contribution in [3.8, 4) is 11.3 Å². The molecule has 2 aliphatic rings. The molecular formula is C23H23F3N2O2. The second kappa shape index (κ2) is 8.92. The molecule has 1 saturated heterocycles. The van der Waals surface area contributed by atoms with Crippen molar-refractivity contribution in [2.45, 2.75) is 37.6 Å². The summed E-state index contributed by atoms with van der Waals surface area (Å²) in [5.74, 6) is -1.18. The summed E-state index contributed by atoms with van der Waals surface area (Å²) in [6, 6.07) is 8.62. The highest BCUT2D eigenvalue weighted by molar-refractivity contribution is 5.92. The maximum Gasteiger partial charge on any atom is 0.207 e. The average Bonchev–Trinajstić information content (AvgIpc) is 3.31. The molecule has 1 aromatic heterocycles. The Hall–Kier alpha value is -2.80. The fourth-order valence-corrected chi connectivity index (χ4v) is 3.97. The predicted molar refractivity (Wildman–Crippen MR) is 109 cm³/mol. The van der Waals surface area contributed by atoms with Crippen molar-refractivity contribution in [3.63, 3.8) is 0 Å². The van der Waals surface area contributed by atoms with Crippen LogP contribution in [0.3, 0.4) is 0 Å². The van der Waals surface area contributed by atoms with E-state index in [1.165, 1.54) is 18.2 Å². The van der Waals surface area contributed by atoms with Gasteiger partial charge in [0.1, 0.15) is 17.5 Å². The largest absolute Gasteiger partial charge is 0.379 e. The lowest BCUT2D eigenvalue weighted by molar-refractivity contribution is -0.110. The molecule has 1 amide bonds. The number of fused-ring (bicyclic) bond motifs is 1. The second-order valence-electron chi connectivity index (χ2n) is 7.70. The van der Waals surface area contributed by atoms with E-state index in [2.05, 4.69) is 10.3 Å². The summed E-state index contributed by atoms with van der Waals surface area (Å²) in [5.41, 5.74) is 2.83. The van der Waals surface area contributed by atoms with Gasteiger partial charge in [0, 0.05) is 18.1 Å². The Kier molecular flexibility index (Phi) is 6.08. The number of rotatable bonds is 4. The zero-order valence-electron chi connectivity index (χ0n) is 16.4. The minimum absolute atomic E-state index is 0.271. The lowest BCUT2D eigenvalue weighted by Crippen LogP contribution is -2.27. The van der Waals surface area contributed by atoms with Crippen LogP contribution in [-0.2, 0) is 9.53 Å². The van der Waals surface area contributed by atoms with Crippen LogP contribution in [0.5, 0.6) is 0 Å². The highest BCUT2D eigenvalue weighted by atomic mass is 19.1. The van der Waals surface area contributed by atoms with Crippen molar-refractivity contribution in [3.05, 3.63) is 59.4 Å². The van der Waals surface area contributed by atoms with Gasteiger partial charge >= 0.3 is 0 Å². The Morgan fingerprint density at radius 2 is 1.80 bits per heavy atom. The number of ether oxygens (including phenoxy) is 1. The smallest absolute Gasteiger partial charge is 0.207 e. The third-order valence-electron chi connectivity index (χ3n) is 5.74. The Balaban J connectivity index is 0.000000230. The van der Waals surface area contributed by atoms with Crippen LogP contribution in [0.2, 0.25) is 0 Å². The van der Waals surface area contributed by atoms with Gasteiger partial charge in [-0.1, -0.05) is 6.42 Å². The van der Waals surface area contributed by atoms with Crippen LogP contribution in [0.15, 0.2) is 36.4 Å². The van der Waals surface area contributed by atoms with Crippen LogP contribution in [0, 0.1) is 17.5 Å². The molecule has 158 valence electrons. The second-order valence-corrected chi connectivity index (χ2v) is 7.70. The van der Waals surface area contributed by atoms with Gasteiger partial charge in [0.05, 0.1) is 23.9 Å². The molecule has 2 N–H and O–H groups in total. The quantitative estimate of drug-likeness (QED) is 0.586. The number of aromatic nitrogens is 1. The van der Waals surface area contributed by atoms with Crippen LogP contribution in [0.1, 0.15) is 37.2 Å². The molecule has 1 aliphatic heterocycles. The maximum atomic E-state index is 14.1. The first-order chi connectivity index (χ1) is 14.6. The van der Waals surface area contributed by atoms with Gasteiger partial charge in [0.15, 0.2) is 0 Å². The average molecular weight is 416 g/mol. The third kappa shape index (κ3) is 4.21. The Bertz CT molecular complexity index is 1020. The SMILES string of the molecule is Fc1ccc(-c2[nH]c3c(F)cc(F)cc3c2C2CCC2)cc1.O=CNC1CCOC1. The Labute approximate surface area is 172 Å². The molecular weight excluding hydrogens is 393 g/mol. The van der Waals surface area contributed by atoms with Gasteiger partial charge in [-0.15, -0.1) is 0 Å². The van der Waals surface area contributed by atoms with E-state index in [0.717, 1.165) is 61.6 Å². The summed E-state index contributed by atoms with van der Waals surface area (Å²) >= 11 is 0.